The molecule has 0 aliphatic rings. The first-order valence-corrected chi connectivity index (χ1v) is 6.92. The molecule has 0 aliphatic carbocycles. The van der Waals surface area contributed by atoms with Crippen LogP contribution in [0.25, 0.3) is 0 Å². The van der Waals surface area contributed by atoms with Gasteiger partial charge in [0.25, 0.3) is 0 Å². The highest BCUT2D eigenvalue weighted by atomic mass is 32.1. The van der Waals surface area contributed by atoms with Gasteiger partial charge in [0.15, 0.2) is 0 Å². The lowest BCUT2D eigenvalue weighted by Crippen LogP contribution is -2.23. The molecule has 0 saturated heterocycles. The van der Waals surface area contributed by atoms with Gasteiger partial charge in [-0.25, -0.2) is 0 Å². The predicted octanol–water partition coefficient (Wildman–Crippen LogP) is 3.20. The van der Waals surface area contributed by atoms with Gasteiger partial charge in [0.2, 0.25) is 0 Å². The molecule has 2 nitrogen and oxygen atoms in total. The summed E-state index contributed by atoms with van der Waals surface area (Å²) in [7, 11) is 2.17. The van der Waals surface area contributed by atoms with Crippen LogP contribution in [0.15, 0.2) is 17.5 Å². The molecule has 90 valence electrons. The lowest BCUT2D eigenvalue weighted by molar-refractivity contribution is 0.260. The Morgan fingerprint density at radius 1 is 1.56 bits per heavy atom. The van der Waals surface area contributed by atoms with Crippen molar-refractivity contribution in [1.82, 2.24) is 4.90 Å². The van der Waals surface area contributed by atoms with E-state index in [1.807, 2.05) is 11.3 Å². The Morgan fingerprint density at radius 2 is 2.31 bits per heavy atom. The van der Waals surface area contributed by atoms with E-state index >= 15 is 0 Å². The topological polar surface area (TPSA) is 29.3 Å². The van der Waals surface area contributed by atoms with Gasteiger partial charge in [0.1, 0.15) is 0 Å². The van der Waals surface area contributed by atoms with Gasteiger partial charge in [0, 0.05) is 10.9 Å². The van der Waals surface area contributed by atoms with Crippen molar-refractivity contribution in [2.75, 3.05) is 13.6 Å². The molecule has 2 N–H and O–H groups in total. The summed E-state index contributed by atoms with van der Waals surface area (Å²) in [4.78, 5) is 4.44. The minimum atomic E-state index is 0.504. The molecular formula is C12H20N2S2. The van der Waals surface area contributed by atoms with Crippen LogP contribution in [0.1, 0.15) is 37.1 Å². The van der Waals surface area contributed by atoms with Crippen LogP contribution in [0.5, 0.6) is 0 Å². The molecule has 0 aromatic carbocycles. The van der Waals surface area contributed by atoms with E-state index in [1.54, 1.807) is 0 Å². The molecule has 1 aromatic rings. The molecule has 4 heteroatoms. The van der Waals surface area contributed by atoms with Gasteiger partial charge < -0.3 is 5.73 Å². The molecular weight excluding hydrogens is 236 g/mol. The van der Waals surface area contributed by atoms with Crippen molar-refractivity contribution in [3.8, 4) is 0 Å². The van der Waals surface area contributed by atoms with Crippen LogP contribution >= 0.6 is 23.6 Å². The Balaban J connectivity index is 2.24. The summed E-state index contributed by atoms with van der Waals surface area (Å²) in [6.07, 6.45) is 3.12. The lowest BCUT2D eigenvalue weighted by atomic mass is 10.2. The fourth-order valence-electron chi connectivity index (χ4n) is 1.60. The van der Waals surface area contributed by atoms with Crippen molar-refractivity contribution in [3.05, 3.63) is 22.4 Å². The Hall–Kier alpha value is -0.450. The summed E-state index contributed by atoms with van der Waals surface area (Å²) in [6.45, 7) is 3.35. The van der Waals surface area contributed by atoms with Crippen LogP contribution in [-0.2, 0) is 0 Å². The molecule has 0 amide bonds. The molecule has 1 aromatic heterocycles. The van der Waals surface area contributed by atoms with Crippen molar-refractivity contribution in [3.63, 3.8) is 0 Å². The van der Waals surface area contributed by atoms with E-state index in [2.05, 4.69) is 36.4 Å². The number of unbranched alkanes of at least 4 members (excludes halogenated alkanes) is 1. The average Bonchev–Trinajstić information content (AvgIpc) is 2.76. The van der Waals surface area contributed by atoms with Gasteiger partial charge in [-0.2, -0.15) is 0 Å². The molecule has 16 heavy (non-hydrogen) atoms. The fraction of sp³-hybridized carbons (Fsp3) is 0.583. The molecule has 0 bridgehead atoms. The number of nitrogens with two attached hydrogens (primary N) is 1. The zero-order valence-corrected chi connectivity index (χ0v) is 11.6. The second-order valence-corrected chi connectivity index (χ2v) is 5.60. The van der Waals surface area contributed by atoms with Crippen LogP contribution in [-0.4, -0.2) is 23.5 Å². The van der Waals surface area contributed by atoms with E-state index in [0.717, 1.165) is 25.8 Å². The van der Waals surface area contributed by atoms with Crippen LogP contribution in [0, 0.1) is 0 Å². The van der Waals surface area contributed by atoms with Crippen LogP contribution < -0.4 is 5.73 Å². The van der Waals surface area contributed by atoms with Crippen molar-refractivity contribution < 1.29 is 0 Å². The van der Waals surface area contributed by atoms with Crippen molar-refractivity contribution in [2.24, 2.45) is 5.73 Å². The fourth-order valence-corrected chi connectivity index (χ4v) is 2.59. The van der Waals surface area contributed by atoms with Gasteiger partial charge in [-0.15, -0.1) is 11.3 Å². The number of hydrogen-bond acceptors (Lipinski definition) is 3. The van der Waals surface area contributed by atoms with Crippen LogP contribution in [0.4, 0.5) is 0 Å². The highest BCUT2D eigenvalue weighted by molar-refractivity contribution is 7.80. The molecule has 0 spiro atoms. The lowest BCUT2D eigenvalue weighted by Gasteiger charge is -2.23. The van der Waals surface area contributed by atoms with E-state index in [9.17, 15) is 0 Å². The van der Waals surface area contributed by atoms with E-state index in [4.69, 9.17) is 18.0 Å². The maximum Gasteiger partial charge on any atom is 0.0727 e. The first kappa shape index (κ1) is 13.6. The second kappa shape index (κ2) is 6.99. The zero-order chi connectivity index (χ0) is 12.0. The van der Waals surface area contributed by atoms with Crippen molar-refractivity contribution in [2.45, 2.75) is 32.2 Å². The summed E-state index contributed by atoms with van der Waals surface area (Å²) in [6, 6.07) is 4.81. The smallest absolute Gasteiger partial charge is 0.0727 e. The third-order valence-corrected chi connectivity index (χ3v) is 4.05. The summed E-state index contributed by atoms with van der Waals surface area (Å²) in [5.74, 6) is 0. The van der Waals surface area contributed by atoms with Gasteiger partial charge in [-0.3, -0.25) is 4.90 Å². The largest absolute Gasteiger partial charge is 0.393 e. The minimum absolute atomic E-state index is 0.504. The summed E-state index contributed by atoms with van der Waals surface area (Å²) in [5, 5.41) is 2.13. The van der Waals surface area contributed by atoms with E-state index in [0.29, 0.717) is 11.0 Å². The van der Waals surface area contributed by atoms with Gasteiger partial charge >= 0.3 is 0 Å². The van der Waals surface area contributed by atoms with Gasteiger partial charge in [-0.1, -0.05) is 18.3 Å². The second-order valence-electron chi connectivity index (χ2n) is 4.10. The van der Waals surface area contributed by atoms with Crippen molar-refractivity contribution >= 4 is 28.5 Å². The van der Waals surface area contributed by atoms with Crippen LogP contribution in [0.2, 0.25) is 0 Å². The molecule has 0 radical (unpaired) electrons. The molecule has 1 rings (SSSR count). The number of nitrogens with zero attached hydrogens (tertiary/aromatic N) is 1. The SMILES string of the molecule is CC(c1cccs1)N(C)CCCCC(N)=S. The third kappa shape index (κ3) is 4.60. The Morgan fingerprint density at radius 3 is 2.88 bits per heavy atom. The zero-order valence-electron chi connectivity index (χ0n) is 9.98. The van der Waals surface area contributed by atoms with E-state index in [1.165, 1.54) is 4.88 Å². The summed E-state index contributed by atoms with van der Waals surface area (Å²) in [5.41, 5.74) is 5.47. The summed E-state index contributed by atoms with van der Waals surface area (Å²) < 4.78 is 0. The molecule has 0 aliphatic heterocycles. The maximum atomic E-state index is 5.47. The number of rotatable bonds is 7. The Kier molecular flexibility index (Phi) is 5.95. The summed E-state index contributed by atoms with van der Waals surface area (Å²) >= 11 is 6.68. The first-order chi connectivity index (χ1) is 7.61. The quantitative estimate of drug-likeness (QED) is 0.600. The Bertz CT molecular complexity index is 309. The van der Waals surface area contributed by atoms with Gasteiger partial charge in [0.05, 0.1) is 4.99 Å². The van der Waals surface area contributed by atoms with Gasteiger partial charge in [-0.05, 0) is 51.2 Å². The minimum Gasteiger partial charge on any atom is -0.393 e. The molecule has 0 saturated carbocycles. The van der Waals surface area contributed by atoms with E-state index < -0.39 is 0 Å². The monoisotopic (exact) mass is 256 g/mol. The van der Waals surface area contributed by atoms with Crippen LogP contribution in [0.3, 0.4) is 0 Å². The predicted molar refractivity (Wildman–Crippen MR) is 76.0 cm³/mol. The normalized spacial score (nSPS) is 12.9. The highest BCUT2D eigenvalue weighted by Gasteiger charge is 2.11. The Labute approximate surface area is 107 Å². The number of thiocarbonyl (C=S) groups is 1. The standard InChI is InChI=1S/C12H20N2S2/c1-10(11-6-5-9-16-11)14(2)8-4-3-7-12(13)15/h5-6,9-10H,3-4,7-8H2,1-2H3,(H2,13,15). The van der Waals surface area contributed by atoms with Crippen molar-refractivity contribution in [1.29, 1.82) is 0 Å². The molecule has 1 atom stereocenters. The molecule has 1 heterocycles. The maximum absolute atomic E-state index is 5.47. The highest BCUT2D eigenvalue weighted by Crippen LogP contribution is 2.23. The number of thiophene rings is 1. The third-order valence-electron chi connectivity index (χ3n) is 2.80. The van der Waals surface area contributed by atoms with E-state index in [-0.39, 0.29) is 0 Å². The average molecular weight is 256 g/mol. The number of hydrogen-bond donors (Lipinski definition) is 1. The molecule has 1 unspecified atom stereocenters. The molecule has 0 fully saturated rings. The first-order valence-electron chi connectivity index (χ1n) is 5.63.